The molecule has 61 heavy (non-hydrogen) atoms. The number of amides is 1. The number of nitrogens with zero attached hydrogens (tertiary/aromatic N) is 1. The third-order valence-corrected chi connectivity index (χ3v) is 11.8. The van der Waals surface area contributed by atoms with Crippen LogP contribution in [0.1, 0.15) is 246 Å². The summed E-state index contributed by atoms with van der Waals surface area (Å²) in [5, 5.41) is 0. The Balaban J connectivity index is 4.78. The highest BCUT2D eigenvalue weighted by Crippen LogP contribution is 2.14. The minimum absolute atomic E-state index is 0.0338. The van der Waals surface area contributed by atoms with E-state index in [9.17, 15) is 4.79 Å². The molecule has 0 aliphatic heterocycles. The first kappa shape index (κ1) is 59.8. The Hall–Kier alpha value is -1.25. The third kappa shape index (κ3) is 45.1. The number of nitrogens with two attached hydrogens (primary N) is 1. The molecule has 0 aromatic carbocycles. The first-order chi connectivity index (χ1) is 30.1. The first-order valence-electron chi connectivity index (χ1n) is 26.8. The average Bonchev–Trinajstić information content (AvgIpc) is 3.27. The molecule has 2 atom stereocenters. The van der Waals surface area contributed by atoms with Crippen LogP contribution in [0.15, 0.2) is 24.3 Å². The van der Waals surface area contributed by atoms with E-state index in [1.165, 1.54) is 193 Å². The van der Waals surface area contributed by atoms with E-state index in [0.29, 0.717) is 46.1 Å². The fraction of sp³-hybridized carbons (Fsp3) is 0.907. The van der Waals surface area contributed by atoms with E-state index in [2.05, 4.69) is 45.1 Å². The van der Waals surface area contributed by atoms with Gasteiger partial charge in [-0.05, 0) is 77.6 Å². The Morgan fingerprint density at radius 3 is 1.33 bits per heavy atom. The highest BCUT2D eigenvalue weighted by atomic mass is 16.5. The fourth-order valence-electron chi connectivity index (χ4n) is 7.84. The molecule has 0 aliphatic rings. The van der Waals surface area contributed by atoms with Crippen molar-refractivity contribution >= 4 is 5.91 Å². The molecule has 0 fully saturated rings. The molecule has 0 bridgehead atoms. The van der Waals surface area contributed by atoms with E-state index in [1.807, 2.05) is 11.8 Å². The van der Waals surface area contributed by atoms with Crippen LogP contribution >= 0.6 is 0 Å². The molecule has 0 spiro atoms. The zero-order chi connectivity index (χ0) is 44.4. The molecule has 2 unspecified atom stereocenters. The monoisotopic (exact) mass is 863 g/mol. The largest absolute Gasteiger partial charge is 0.379 e. The molecule has 0 aromatic heterocycles. The maximum absolute atomic E-state index is 13.8. The number of unbranched alkanes of at least 4 members (excludes halogenated alkanes) is 29. The van der Waals surface area contributed by atoms with Crippen LogP contribution in [0, 0.1) is 0 Å². The Morgan fingerprint density at radius 1 is 0.459 bits per heavy atom. The minimum atomic E-state index is -0.528. The van der Waals surface area contributed by atoms with Gasteiger partial charge in [0.2, 0.25) is 0 Å². The van der Waals surface area contributed by atoms with Crippen LogP contribution in [-0.2, 0) is 23.7 Å². The Kier molecular flexibility index (Phi) is 50.3. The van der Waals surface area contributed by atoms with E-state index in [4.69, 9.17) is 24.7 Å². The van der Waals surface area contributed by atoms with Gasteiger partial charge in [0.05, 0.1) is 32.5 Å². The molecule has 7 nitrogen and oxygen atoms in total. The van der Waals surface area contributed by atoms with Crippen molar-refractivity contribution in [3.8, 4) is 0 Å². The summed E-state index contributed by atoms with van der Waals surface area (Å²) in [6.07, 6.45) is 52.5. The molecule has 7 heteroatoms. The third-order valence-electron chi connectivity index (χ3n) is 11.8. The van der Waals surface area contributed by atoms with Crippen LogP contribution < -0.4 is 5.73 Å². The van der Waals surface area contributed by atoms with Gasteiger partial charge in [-0.25, -0.2) is 0 Å². The van der Waals surface area contributed by atoms with Crippen LogP contribution in [0.5, 0.6) is 0 Å². The smallest absolute Gasteiger partial charge is 0.251 e. The Bertz CT molecular complexity index is 914. The number of rotatable bonds is 51. The molecule has 0 aromatic rings. The lowest BCUT2D eigenvalue weighted by atomic mass is 10.1. The lowest BCUT2D eigenvalue weighted by Crippen LogP contribution is -2.45. The Morgan fingerprint density at radius 2 is 0.869 bits per heavy atom. The number of hydrogen-bond acceptors (Lipinski definition) is 6. The standard InChI is InChI=1S/C54H106N2O5/c1-5-8-11-14-17-19-21-23-25-27-29-31-33-35-38-41-45-59-51-53(61-46-42-39-36-34-32-30-28-26-24-22-20-18-15-12-9-6-2)50-56(44-40-37-16-13-10-7-3)54(57)52(4)60-49-48-58-47-43-55/h23-26,52-53H,5-22,27-51,55H2,1-4H3/b25-23-,26-24-. The minimum Gasteiger partial charge on any atom is -0.379 e. The summed E-state index contributed by atoms with van der Waals surface area (Å²) >= 11 is 0. The van der Waals surface area contributed by atoms with E-state index < -0.39 is 6.10 Å². The van der Waals surface area contributed by atoms with Gasteiger partial charge in [0.25, 0.3) is 5.91 Å². The molecule has 362 valence electrons. The average molecular weight is 863 g/mol. The number of allylic oxidation sites excluding steroid dienone is 4. The molecule has 0 saturated carbocycles. The van der Waals surface area contributed by atoms with Gasteiger partial charge in [-0.15, -0.1) is 0 Å². The van der Waals surface area contributed by atoms with Crippen molar-refractivity contribution in [1.29, 1.82) is 0 Å². The quantitative estimate of drug-likeness (QED) is 0.0484. The molecule has 0 saturated heterocycles. The van der Waals surface area contributed by atoms with Crippen LogP contribution in [0.2, 0.25) is 0 Å². The number of hydrogen-bond donors (Lipinski definition) is 1. The topological polar surface area (TPSA) is 83.2 Å². The zero-order valence-electron chi connectivity index (χ0n) is 41.4. The molecule has 0 heterocycles. The summed E-state index contributed by atoms with van der Waals surface area (Å²) in [5.74, 6) is 0.0338. The van der Waals surface area contributed by atoms with Crippen molar-refractivity contribution < 1.29 is 23.7 Å². The Labute approximate surface area is 380 Å². The predicted molar refractivity (Wildman–Crippen MR) is 265 cm³/mol. The molecule has 2 N–H and O–H groups in total. The highest BCUT2D eigenvalue weighted by Gasteiger charge is 2.24. The number of ether oxygens (including phenoxy) is 4. The fourth-order valence-corrected chi connectivity index (χ4v) is 7.84. The number of carbonyl (C=O) groups excluding carboxylic acids is 1. The summed E-state index contributed by atoms with van der Waals surface area (Å²) in [6, 6.07) is 0. The van der Waals surface area contributed by atoms with E-state index >= 15 is 0 Å². The summed E-state index contributed by atoms with van der Waals surface area (Å²) in [6.45, 7) is 13.8. The van der Waals surface area contributed by atoms with Crippen molar-refractivity contribution in [3.05, 3.63) is 24.3 Å². The van der Waals surface area contributed by atoms with Gasteiger partial charge in [-0.2, -0.15) is 0 Å². The first-order valence-corrected chi connectivity index (χ1v) is 26.8. The summed E-state index contributed by atoms with van der Waals surface area (Å²) in [4.78, 5) is 15.8. The second kappa shape index (κ2) is 51.4. The van der Waals surface area contributed by atoms with Crippen molar-refractivity contribution in [2.75, 3.05) is 59.3 Å². The number of carbonyl (C=O) groups is 1. The van der Waals surface area contributed by atoms with Crippen LogP contribution in [0.25, 0.3) is 0 Å². The summed E-state index contributed by atoms with van der Waals surface area (Å²) in [5.41, 5.74) is 5.56. The maximum atomic E-state index is 13.8. The van der Waals surface area contributed by atoms with Gasteiger partial charge >= 0.3 is 0 Å². The van der Waals surface area contributed by atoms with Crippen molar-refractivity contribution in [2.45, 2.75) is 258 Å². The van der Waals surface area contributed by atoms with Gasteiger partial charge < -0.3 is 29.6 Å². The van der Waals surface area contributed by atoms with Gasteiger partial charge in [0.1, 0.15) is 6.10 Å². The predicted octanol–water partition coefficient (Wildman–Crippen LogP) is 15.0. The van der Waals surface area contributed by atoms with Crippen LogP contribution in [-0.4, -0.2) is 82.3 Å². The molecular formula is C54H106N2O5. The zero-order valence-corrected chi connectivity index (χ0v) is 41.4. The lowest BCUT2D eigenvalue weighted by Gasteiger charge is -2.30. The van der Waals surface area contributed by atoms with Gasteiger partial charge in [0.15, 0.2) is 0 Å². The van der Waals surface area contributed by atoms with Gasteiger partial charge in [0, 0.05) is 32.8 Å². The van der Waals surface area contributed by atoms with Crippen LogP contribution in [0.4, 0.5) is 0 Å². The van der Waals surface area contributed by atoms with Crippen LogP contribution in [0.3, 0.4) is 0 Å². The van der Waals surface area contributed by atoms with Crippen molar-refractivity contribution in [2.24, 2.45) is 5.73 Å². The van der Waals surface area contributed by atoms with Crippen molar-refractivity contribution in [3.63, 3.8) is 0 Å². The second-order valence-corrected chi connectivity index (χ2v) is 17.9. The summed E-state index contributed by atoms with van der Waals surface area (Å²) in [7, 11) is 0. The highest BCUT2D eigenvalue weighted by molar-refractivity contribution is 5.80. The molecular weight excluding hydrogens is 757 g/mol. The van der Waals surface area contributed by atoms with E-state index in [-0.39, 0.29) is 12.0 Å². The molecule has 1 amide bonds. The summed E-state index contributed by atoms with van der Waals surface area (Å²) < 4.78 is 24.2. The lowest BCUT2D eigenvalue weighted by molar-refractivity contribution is -0.146. The van der Waals surface area contributed by atoms with E-state index in [1.54, 1.807) is 0 Å². The molecule has 0 rings (SSSR count). The van der Waals surface area contributed by atoms with Gasteiger partial charge in [-0.1, -0.05) is 193 Å². The SMILES string of the molecule is CCCCCCCC/C=C\CCCCCCCCOCC(CN(CCCCCCCC)C(=O)C(C)OCCOCCN)OCCCCCCCC/C=C\CCCCCCCC. The van der Waals surface area contributed by atoms with E-state index in [0.717, 1.165) is 38.8 Å². The van der Waals surface area contributed by atoms with Crippen molar-refractivity contribution in [1.82, 2.24) is 4.90 Å². The van der Waals surface area contributed by atoms with Gasteiger partial charge in [-0.3, -0.25) is 4.79 Å². The normalized spacial score (nSPS) is 12.9. The second-order valence-electron chi connectivity index (χ2n) is 17.9. The maximum Gasteiger partial charge on any atom is 0.251 e. The molecule has 0 radical (unpaired) electrons. The molecule has 0 aliphatic carbocycles.